The molecular weight excluding hydrogens is 903 g/mol. The van der Waals surface area contributed by atoms with Gasteiger partial charge in [0.1, 0.15) is 48.7 Å². The Balaban J connectivity index is 0.000000201. The molecule has 18 heteroatoms. The van der Waals surface area contributed by atoms with Gasteiger partial charge in [0.2, 0.25) is 0 Å². The molecule has 2 aromatic heterocycles. The van der Waals surface area contributed by atoms with Crippen molar-refractivity contribution in [3.05, 3.63) is 160 Å². The lowest BCUT2D eigenvalue weighted by atomic mass is 9.92. The number of rotatable bonds is 18. The van der Waals surface area contributed by atoms with Crippen LogP contribution in [-0.4, -0.2) is 45.2 Å². The third-order valence-electron chi connectivity index (χ3n) is 11.5. The Kier molecular flexibility index (Phi) is 15.8. The molecule has 68 heavy (non-hydrogen) atoms. The maximum Gasteiger partial charge on any atom is 0.573 e. The van der Waals surface area contributed by atoms with Crippen molar-refractivity contribution in [3.8, 4) is 23.0 Å². The fraction of sp³-hybridized carbons (Fsp3) is 0.320. The Bertz CT molecular complexity index is 2610. The first-order valence-electron chi connectivity index (χ1n) is 21.7. The zero-order valence-electron chi connectivity index (χ0n) is 36.3. The number of nitrogens with zero attached hydrogens (tertiary/aromatic N) is 2. The highest BCUT2D eigenvalue weighted by Gasteiger charge is 2.34. The summed E-state index contributed by atoms with van der Waals surface area (Å²) in [5.74, 6) is -2.07. The minimum atomic E-state index is -4.77. The number of halogens is 6. The molecule has 0 spiro atoms. The molecule has 2 unspecified atom stereocenters. The van der Waals surface area contributed by atoms with Gasteiger partial charge in [0.25, 0.3) is 0 Å². The van der Waals surface area contributed by atoms with Gasteiger partial charge in [-0.15, -0.1) is 26.3 Å². The van der Waals surface area contributed by atoms with Gasteiger partial charge in [-0.3, -0.25) is 9.59 Å². The number of carboxylic acids is 2. The SMILES string of the molecule is O=C(O)CC(c1ccc(OCc2ccc(OC(F)(F)F)c(C3=CCCC3)c2)cc1)c1ccon1.O=C(O)CC(c1ccc(OCc2ccc(OC(F)(F)F)c(C3CCCC3)c2)cc1)c1ccon1. The summed E-state index contributed by atoms with van der Waals surface area (Å²) in [6.07, 6.45) is 1.00. The first-order chi connectivity index (χ1) is 32.6. The van der Waals surface area contributed by atoms with Gasteiger partial charge < -0.3 is 38.2 Å². The summed E-state index contributed by atoms with van der Waals surface area (Å²) in [7, 11) is 0. The lowest BCUT2D eigenvalue weighted by Crippen LogP contribution is -2.18. The average Bonchev–Trinajstić information content (AvgIpc) is 4.16. The molecule has 0 saturated heterocycles. The summed E-state index contributed by atoms with van der Waals surface area (Å²) in [6.45, 7) is 0.320. The normalized spacial score (nSPS) is 14.9. The fourth-order valence-electron chi connectivity index (χ4n) is 8.37. The second kappa shape index (κ2) is 22.0. The summed E-state index contributed by atoms with van der Waals surface area (Å²) >= 11 is 0. The average molecular weight is 949 g/mol. The van der Waals surface area contributed by atoms with Crippen LogP contribution in [0.15, 0.2) is 125 Å². The van der Waals surface area contributed by atoms with Crippen LogP contribution in [0.5, 0.6) is 23.0 Å². The predicted octanol–water partition coefficient (Wildman–Crippen LogP) is 12.7. The van der Waals surface area contributed by atoms with Crippen LogP contribution in [0.2, 0.25) is 0 Å². The summed E-state index contributed by atoms with van der Waals surface area (Å²) in [5.41, 5.74) is 5.81. The number of carbonyl (C=O) groups is 2. The molecule has 12 nitrogen and oxygen atoms in total. The van der Waals surface area contributed by atoms with Gasteiger partial charge in [0.15, 0.2) is 0 Å². The molecule has 0 amide bonds. The van der Waals surface area contributed by atoms with Gasteiger partial charge >= 0.3 is 24.7 Å². The first-order valence-corrected chi connectivity index (χ1v) is 21.7. The molecule has 358 valence electrons. The van der Waals surface area contributed by atoms with Crippen LogP contribution in [0.1, 0.15) is 120 Å². The van der Waals surface area contributed by atoms with Crippen molar-refractivity contribution in [2.75, 3.05) is 0 Å². The van der Waals surface area contributed by atoms with Crippen molar-refractivity contribution in [2.45, 2.75) is 101 Å². The van der Waals surface area contributed by atoms with E-state index >= 15 is 0 Å². The van der Waals surface area contributed by atoms with Gasteiger partial charge in [-0.05, 0) is 120 Å². The van der Waals surface area contributed by atoms with Crippen LogP contribution < -0.4 is 18.9 Å². The molecule has 0 radical (unpaired) electrons. The number of carboxylic acid groups (broad SMARTS) is 2. The smallest absolute Gasteiger partial charge is 0.489 e. The number of hydrogen-bond donors (Lipinski definition) is 2. The monoisotopic (exact) mass is 948 g/mol. The van der Waals surface area contributed by atoms with Gasteiger partial charge in [0, 0.05) is 29.5 Å². The van der Waals surface area contributed by atoms with Gasteiger partial charge in [-0.1, -0.05) is 65.6 Å². The van der Waals surface area contributed by atoms with Crippen LogP contribution in [0.25, 0.3) is 5.57 Å². The Hall–Kier alpha value is -7.24. The van der Waals surface area contributed by atoms with Crippen LogP contribution in [0.4, 0.5) is 26.3 Å². The third-order valence-corrected chi connectivity index (χ3v) is 11.5. The molecule has 1 fully saturated rings. The van der Waals surface area contributed by atoms with E-state index < -0.39 is 36.5 Å². The van der Waals surface area contributed by atoms with E-state index in [4.69, 9.17) is 18.5 Å². The highest BCUT2D eigenvalue weighted by Crippen LogP contribution is 2.42. The Morgan fingerprint density at radius 1 is 0.632 bits per heavy atom. The lowest BCUT2D eigenvalue weighted by molar-refractivity contribution is -0.275. The van der Waals surface area contributed by atoms with E-state index in [-0.39, 0.29) is 43.5 Å². The maximum atomic E-state index is 12.8. The number of alkyl halides is 6. The topological polar surface area (TPSA) is 164 Å². The van der Waals surface area contributed by atoms with Crippen molar-refractivity contribution < 1.29 is 74.1 Å². The van der Waals surface area contributed by atoms with Gasteiger partial charge in [-0.25, -0.2) is 0 Å². The zero-order valence-corrected chi connectivity index (χ0v) is 36.3. The molecule has 0 aliphatic heterocycles. The molecule has 4 aromatic carbocycles. The van der Waals surface area contributed by atoms with Gasteiger partial charge in [0.05, 0.1) is 24.2 Å². The minimum Gasteiger partial charge on any atom is -0.489 e. The molecule has 1 saturated carbocycles. The van der Waals surface area contributed by atoms with E-state index in [0.29, 0.717) is 46.0 Å². The van der Waals surface area contributed by atoms with Crippen LogP contribution in [-0.2, 0) is 22.8 Å². The van der Waals surface area contributed by atoms with Crippen LogP contribution in [0, 0.1) is 0 Å². The molecule has 8 rings (SSSR count). The molecule has 2 atom stereocenters. The van der Waals surface area contributed by atoms with Crippen molar-refractivity contribution in [3.63, 3.8) is 0 Å². The Labute approximate surface area is 386 Å². The number of ether oxygens (including phenoxy) is 4. The minimum absolute atomic E-state index is 0.0410. The second-order valence-electron chi connectivity index (χ2n) is 16.3. The quantitative estimate of drug-likeness (QED) is 0.0785. The largest absolute Gasteiger partial charge is 0.573 e. The number of benzene rings is 4. The van der Waals surface area contributed by atoms with Gasteiger partial charge in [-0.2, -0.15) is 0 Å². The van der Waals surface area contributed by atoms with Crippen LogP contribution in [0.3, 0.4) is 0 Å². The maximum absolute atomic E-state index is 12.8. The van der Waals surface area contributed by atoms with E-state index in [0.717, 1.165) is 60.8 Å². The summed E-state index contributed by atoms with van der Waals surface area (Å²) in [6, 6.07) is 26.4. The van der Waals surface area contributed by atoms with Crippen molar-refractivity contribution in [2.24, 2.45) is 0 Å². The summed E-state index contributed by atoms with van der Waals surface area (Å²) in [4.78, 5) is 22.5. The van der Waals surface area contributed by atoms with Crippen LogP contribution >= 0.6 is 0 Å². The zero-order chi connectivity index (χ0) is 48.3. The number of aromatic nitrogens is 2. The van der Waals surface area contributed by atoms with E-state index in [1.54, 1.807) is 84.9 Å². The number of hydrogen-bond acceptors (Lipinski definition) is 10. The number of allylic oxidation sites excluding steroid dienone is 2. The van der Waals surface area contributed by atoms with Crippen molar-refractivity contribution in [1.82, 2.24) is 10.3 Å². The highest BCUT2D eigenvalue weighted by atomic mass is 19.4. The van der Waals surface area contributed by atoms with E-state index in [9.17, 15) is 46.1 Å². The lowest BCUT2D eigenvalue weighted by Gasteiger charge is -2.19. The molecule has 0 bridgehead atoms. The van der Waals surface area contributed by atoms with Crippen molar-refractivity contribution >= 4 is 17.5 Å². The third kappa shape index (κ3) is 13.9. The van der Waals surface area contributed by atoms with Crippen molar-refractivity contribution in [1.29, 1.82) is 0 Å². The number of aliphatic carboxylic acids is 2. The van der Waals surface area contributed by atoms with E-state index in [1.165, 1.54) is 24.7 Å². The van der Waals surface area contributed by atoms with E-state index in [1.807, 2.05) is 6.08 Å². The Morgan fingerprint density at radius 3 is 1.56 bits per heavy atom. The molecule has 2 N–H and O–H groups in total. The Morgan fingerprint density at radius 2 is 1.12 bits per heavy atom. The summed E-state index contributed by atoms with van der Waals surface area (Å²) in [5, 5.41) is 26.2. The molecule has 2 heterocycles. The van der Waals surface area contributed by atoms with E-state index in [2.05, 4.69) is 19.8 Å². The molecule has 6 aromatic rings. The summed E-state index contributed by atoms with van der Waals surface area (Å²) < 4.78 is 107. The molecule has 2 aliphatic carbocycles. The predicted molar refractivity (Wildman–Crippen MR) is 232 cm³/mol. The standard InChI is InChI=1S/C25H24F3NO5.C25H22F3NO5/c2*26-25(27,28)34-23-10-5-16(13-21(23)17-3-1-2-4-17)15-32-19-8-6-18(7-9-19)20(14-24(30)31)22-11-12-33-29-22/h5-13,17,20H,1-4,14-15H2,(H,30,31);3,5-13,20H,1-2,4,14-15H2,(H,30,31). The second-order valence-corrected chi connectivity index (χ2v) is 16.3. The molecular formula is C50H46F6N2O10. The highest BCUT2D eigenvalue weighted by molar-refractivity contribution is 5.72. The molecule has 2 aliphatic rings. The fourth-order valence-corrected chi connectivity index (χ4v) is 8.37. The first kappa shape index (κ1) is 48.7.